The first kappa shape index (κ1) is 19.2. The predicted octanol–water partition coefficient (Wildman–Crippen LogP) is 2.92. The molecule has 2 aromatic rings. The van der Waals surface area contributed by atoms with E-state index in [1.165, 1.54) is 5.56 Å². The van der Waals surface area contributed by atoms with Crippen molar-refractivity contribution in [1.82, 2.24) is 10.2 Å². The Morgan fingerprint density at radius 3 is 2.41 bits per heavy atom. The van der Waals surface area contributed by atoms with Crippen LogP contribution in [0.4, 0.5) is 5.69 Å². The van der Waals surface area contributed by atoms with Crippen LogP contribution < -0.4 is 10.6 Å². The molecule has 2 aliphatic heterocycles. The van der Waals surface area contributed by atoms with E-state index in [9.17, 15) is 14.4 Å². The van der Waals surface area contributed by atoms with Gasteiger partial charge in [-0.25, -0.2) is 0 Å². The molecule has 6 heteroatoms. The highest BCUT2D eigenvalue weighted by atomic mass is 16.2. The van der Waals surface area contributed by atoms with Crippen LogP contribution in [0.3, 0.4) is 0 Å². The predicted molar refractivity (Wildman–Crippen MR) is 111 cm³/mol. The summed E-state index contributed by atoms with van der Waals surface area (Å²) in [7, 11) is 0. The molecular formula is C23H25N3O3. The fraction of sp³-hybridized carbons (Fsp3) is 0.348. The van der Waals surface area contributed by atoms with E-state index >= 15 is 0 Å². The van der Waals surface area contributed by atoms with Crippen LogP contribution in [-0.2, 0) is 9.59 Å². The number of hydrogen-bond donors (Lipinski definition) is 2. The zero-order valence-corrected chi connectivity index (χ0v) is 16.3. The van der Waals surface area contributed by atoms with Crippen LogP contribution in [-0.4, -0.2) is 41.8 Å². The third-order valence-electron chi connectivity index (χ3n) is 5.82. The van der Waals surface area contributed by atoms with Crippen molar-refractivity contribution in [2.75, 3.05) is 18.4 Å². The van der Waals surface area contributed by atoms with Crippen molar-refractivity contribution in [3.63, 3.8) is 0 Å². The van der Waals surface area contributed by atoms with Crippen molar-refractivity contribution in [3.05, 3.63) is 65.7 Å². The Hall–Kier alpha value is -3.15. The molecule has 0 saturated carbocycles. The second-order valence-corrected chi connectivity index (χ2v) is 7.67. The summed E-state index contributed by atoms with van der Waals surface area (Å²) in [5.74, 6) is -0.0371. The number of nitrogens with one attached hydrogen (secondary N) is 2. The van der Waals surface area contributed by atoms with Gasteiger partial charge in [-0.05, 0) is 42.9 Å². The maximum atomic E-state index is 12.7. The Labute approximate surface area is 170 Å². The molecule has 1 saturated heterocycles. The highest BCUT2D eigenvalue weighted by Gasteiger charge is 2.29. The van der Waals surface area contributed by atoms with Gasteiger partial charge in [0.25, 0.3) is 5.91 Å². The van der Waals surface area contributed by atoms with E-state index in [-0.39, 0.29) is 24.1 Å². The van der Waals surface area contributed by atoms with E-state index in [2.05, 4.69) is 34.9 Å². The summed E-state index contributed by atoms with van der Waals surface area (Å²) in [5.41, 5.74) is 2.28. The lowest BCUT2D eigenvalue weighted by Crippen LogP contribution is -2.43. The number of benzene rings is 2. The molecule has 6 nitrogen and oxygen atoms in total. The summed E-state index contributed by atoms with van der Waals surface area (Å²) in [6, 6.07) is 16.6. The molecule has 0 spiro atoms. The van der Waals surface area contributed by atoms with Gasteiger partial charge in [0.1, 0.15) is 6.04 Å². The van der Waals surface area contributed by atoms with Crippen LogP contribution in [0.2, 0.25) is 0 Å². The Morgan fingerprint density at radius 1 is 0.966 bits per heavy atom. The van der Waals surface area contributed by atoms with E-state index in [4.69, 9.17) is 0 Å². The largest absolute Gasteiger partial charge is 0.343 e. The average Bonchev–Trinajstić information content (AvgIpc) is 2.88. The molecule has 1 atom stereocenters. The van der Waals surface area contributed by atoms with Gasteiger partial charge in [0.05, 0.1) is 11.3 Å². The molecule has 1 fully saturated rings. The molecule has 0 unspecified atom stereocenters. The lowest BCUT2D eigenvalue weighted by molar-refractivity contribution is -0.132. The second kappa shape index (κ2) is 8.47. The van der Waals surface area contributed by atoms with Gasteiger partial charge in [-0.3, -0.25) is 14.4 Å². The standard InChI is InChI=1S/C23H25N3O3/c27-21(26-14-12-17(13-15-26)16-6-2-1-3-7-16)11-10-20-23(29)24-19-9-5-4-8-18(19)22(28)25-20/h1-9,17,20H,10-15H2,(H,24,29)(H,25,28)/t20-/m0/s1. The van der Waals surface area contributed by atoms with Gasteiger partial charge in [0.15, 0.2) is 0 Å². The first-order chi connectivity index (χ1) is 14.1. The molecule has 3 amide bonds. The van der Waals surface area contributed by atoms with Crippen molar-refractivity contribution in [2.45, 2.75) is 37.6 Å². The third-order valence-corrected chi connectivity index (χ3v) is 5.82. The van der Waals surface area contributed by atoms with Gasteiger partial charge >= 0.3 is 0 Å². The second-order valence-electron chi connectivity index (χ2n) is 7.67. The minimum Gasteiger partial charge on any atom is -0.343 e. The SMILES string of the molecule is O=C1N[C@@H](CCC(=O)N2CCC(c3ccccc3)CC2)C(=O)Nc2ccccc21. The van der Waals surface area contributed by atoms with Gasteiger partial charge in [-0.2, -0.15) is 0 Å². The van der Waals surface area contributed by atoms with Crippen LogP contribution in [0.5, 0.6) is 0 Å². The van der Waals surface area contributed by atoms with Crippen molar-refractivity contribution in [1.29, 1.82) is 0 Å². The molecule has 0 aromatic heterocycles. The molecule has 2 aromatic carbocycles. The molecule has 0 radical (unpaired) electrons. The molecule has 2 aliphatic rings. The molecule has 0 aliphatic carbocycles. The van der Waals surface area contributed by atoms with Crippen LogP contribution >= 0.6 is 0 Å². The van der Waals surface area contributed by atoms with Crippen LogP contribution in [0, 0.1) is 0 Å². The molecule has 2 N–H and O–H groups in total. The van der Waals surface area contributed by atoms with Crippen molar-refractivity contribution in [3.8, 4) is 0 Å². The number of piperidine rings is 1. The van der Waals surface area contributed by atoms with E-state index in [0.717, 1.165) is 25.9 Å². The Bertz CT molecular complexity index is 905. The summed E-state index contributed by atoms with van der Waals surface area (Å²) < 4.78 is 0. The number of hydrogen-bond acceptors (Lipinski definition) is 3. The van der Waals surface area contributed by atoms with Crippen LogP contribution in [0.25, 0.3) is 0 Å². The Kier molecular flexibility index (Phi) is 5.60. The van der Waals surface area contributed by atoms with Gasteiger partial charge in [0.2, 0.25) is 11.8 Å². The number of fused-ring (bicyclic) bond motifs is 1. The fourth-order valence-electron chi connectivity index (χ4n) is 4.13. The number of para-hydroxylation sites is 1. The lowest BCUT2D eigenvalue weighted by atomic mass is 9.89. The maximum Gasteiger partial charge on any atom is 0.254 e. The first-order valence-corrected chi connectivity index (χ1v) is 10.2. The Morgan fingerprint density at radius 2 is 1.66 bits per heavy atom. The molecule has 4 rings (SSSR count). The summed E-state index contributed by atoms with van der Waals surface area (Å²) in [6.45, 7) is 1.46. The number of rotatable bonds is 4. The van der Waals surface area contributed by atoms with E-state index in [1.54, 1.807) is 24.3 Å². The van der Waals surface area contributed by atoms with Gasteiger partial charge in [-0.15, -0.1) is 0 Å². The number of anilines is 1. The summed E-state index contributed by atoms with van der Waals surface area (Å²) >= 11 is 0. The molecule has 150 valence electrons. The number of likely N-dealkylation sites (tertiary alicyclic amines) is 1. The first-order valence-electron chi connectivity index (χ1n) is 10.2. The molecule has 0 bridgehead atoms. The summed E-state index contributed by atoms with van der Waals surface area (Å²) in [6.07, 6.45) is 2.44. The van der Waals surface area contributed by atoms with Crippen LogP contribution in [0.1, 0.15) is 47.5 Å². The molecular weight excluding hydrogens is 366 g/mol. The van der Waals surface area contributed by atoms with Gasteiger partial charge in [-0.1, -0.05) is 42.5 Å². The number of nitrogens with zero attached hydrogens (tertiary/aromatic N) is 1. The number of amides is 3. The lowest BCUT2D eigenvalue weighted by Gasteiger charge is -2.32. The highest BCUT2D eigenvalue weighted by Crippen LogP contribution is 2.28. The monoisotopic (exact) mass is 391 g/mol. The van der Waals surface area contributed by atoms with Crippen molar-refractivity contribution >= 4 is 23.4 Å². The topological polar surface area (TPSA) is 78.5 Å². The van der Waals surface area contributed by atoms with Crippen LogP contribution in [0.15, 0.2) is 54.6 Å². The zero-order valence-electron chi connectivity index (χ0n) is 16.3. The van der Waals surface area contributed by atoms with Gasteiger partial charge in [0, 0.05) is 19.5 Å². The average molecular weight is 391 g/mol. The number of carbonyl (C=O) groups is 3. The van der Waals surface area contributed by atoms with E-state index in [1.807, 2.05) is 11.0 Å². The van der Waals surface area contributed by atoms with E-state index in [0.29, 0.717) is 23.6 Å². The zero-order chi connectivity index (χ0) is 20.2. The van der Waals surface area contributed by atoms with Gasteiger partial charge < -0.3 is 15.5 Å². The molecule has 29 heavy (non-hydrogen) atoms. The Balaban J connectivity index is 1.30. The van der Waals surface area contributed by atoms with Crippen molar-refractivity contribution < 1.29 is 14.4 Å². The molecule has 2 heterocycles. The maximum absolute atomic E-state index is 12.7. The smallest absolute Gasteiger partial charge is 0.254 e. The highest BCUT2D eigenvalue weighted by molar-refractivity contribution is 6.09. The minimum absolute atomic E-state index is 0.0420. The fourth-order valence-corrected chi connectivity index (χ4v) is 4.13. The quantitative estimate of drug-likeness (QED) is 0.841. The normalized spacial score (nSPS) is 19.7. The summed E-state index contributed by atoms with van der Waals surface area (Å²) in [5, 5.41) is 5.53. The minimum atomic E-state index is -0.708. The van der Waals surface area contributed by atoms with Crippen molar-refractivity contribution in [2.24, 2.45) is 0 Å². The number of carbonyl (C=O) groups excluding carboxylic acids is 3. The van der Waals surface area contributed by atoms with E-state index < -0.39 is 6.04 Å². The third kappa shape index (κ3) is 4.31. The summed E-state index contributed by atoms with van der Waals surface area (Å²) in [4.78, 5) is 39.4.